The second-order valence-corrected chi connectivity index (χ2v) is 6.86. The Morgan fingerprint density at radius 1 is 1.18 bits per heavy atom. The fourth-order valence-electron chi connectivity index (χ4n) is 2.60. The third-order valence-corrected chi connectivity index (χ3v) is 4.80. The van der Waals surface area contributed by atoms with Crippen molar-refractivity contribution in [1.82, 2.24) is 24.9 Å². The van der Waals surface area contributed by atoms with Gasteiger partial charge in [0.25, 0.3) is 5.91 Å². The molecule has 0 aliphatic heterocycles. The summed E-state index contributed by atoms with van der Waals surface area (Å²) >= 11 is 1.34. The molecule has 4 rings (SSSR count). The summed E-state index contributed by atoms with van der Waals surface area (Å²) < 4.78 is 20.3. The highest BCUT2D eigenvalue weighted by molar-refractivity contribution is 7.09. The van der Waals surface area contributed by atoms with Crippen molar-refractivity contribution in [2.24, 2.45) is 0 Å². The first kappa shape index (κ1) is 18.1. The third kappa shape index (κ3) is 4.15. The molecule has 4 aromatic rings. The van der Waals surface area contributed by atoms with Gasteiger partial charge in [-0.1, -0.05) is 6.07 Å². The minimum atomic E-state index is -0.320. The van der Waals surface area contributed by atoms with Gasteiger partial charge in [-0.3, -0.25) is 9.20 Å². The number of carbonyl (C=O) groups excluding carboxylic acids is 1. The maximum atomic E-state index is 12.9. The summed E-state index contributed by atoms with van der Waals surface area (Å²) in [6.45, 7) is 0.642. The van der Waals surface area contributed by atoms with Crippen LogP contribution in [0.15, 0.2) is 54.0 Å². The van der Waals surface area contributed by atoms with Gasteiger partial charge in [0.1, 0.15) is 34.7 Å². The second kappa shape index (κ2) is 8.13. The van der Waals surface area contributed by atoms with Gasteiger partial charge in [0.05, 0.1) is 0 Å². The molecule has 1 N–H and O–H groups in total. The predicted octanol–water partition coefficient (Wildman–Crippen LogP) is 2.88. The van der Waals surface area contributed by atoms with Crippen molar-refractivity contribution in [2.45, 2.75) is 13.0 Å². The van der Waals surface area contributed by atoms with Gasteiger partial charge in [-0.25, -0.2) is 9.37 Å². The molecule has 0 atom stereocenters. The SMILES string of the molecule is O=C(NCCc1nnc2ccccn12)c1csc(COc2ccc(F)cc2)n1. The summed E-state index contributed by atoms with van der Waals surface area (Å²) in [5.74, 6) is 0.753. The van der Waals surface area contributed by atoms with E-state index in [1.165, 1.54) is 23.5 Å². The van der Waals surface area contributed by atoms with E-state index < -0.39 is 0 Å². The van der Waals surface area contributed by atoms with Gasteiger partial charge in [0.15, 0.2) is 5.65 Å². The second-order valence-electron chi connectivity index (χ2n) is 5.92. The normalized spacial score (nSPS) is 10.9. The van der Waals surface area contributed by atoms with Crippen LogP contribution >= 0.6 is 11.3 Å². The van der Waals surface area contributed by atoms with Crippen molar-refractivity contribution in [3.05, 3.63) is 76.4 Å². The molecular weight excluding hydrogens is 381 g/mol. The van der Waals surface area contributed by atoms with Crippen molar-refractivity contribution in [3.8, 4) is 5.75 Å². The van der Waals surface area contributed by atoms with E-state index in [1.54, 1.807) is 17.5 Å². The summed E-state index contributed by atoms with van der Waals surface area (Å²) in [7, 11) is 0. The van der Waals surface area contributed by atoms with Gasteiger partial charge in [0, 0.05) is 24.5 Å². The van der Waals surface area contributed by atoms with Crippen molar-refractivity contribution >= 4 is 22.9 Å². The maximum absolute atomic E-state index is 12.9. The number of carbonyl (C=O) groups is 1. The first-order chi connectivity index (χ1) is 13.7. The largest absolute Gasteiger partial charge is 0.486 e. The number of amides is 1. The minimum Gasteiger partial charge on any atom is -0.486 e. The number of nitrogens with zero attached hydrogens (tertiary/aromatic N) is 4. The molecule has 1 aromatic carbocycles. The van der Waals surface area contributed by atoms with Crippen LogP contribution in [0.1, 0.15) is 21.3 Å². The number of aromatic nitrogens is 4. The fourth-order valence-corrected chi connectivity index (χ4v) is 3.28. The summed E-state index contributed by atoms with van der Waals surface area (Å²) in [5, 5.41) is 13.4. The lowest BCUT2D eigenvalue weighted by Crippen LogP contribution is -2.26. The number of fused-ring (bicyclic) bond motifs is 1. The number of thiazole rings is 1. The molecule has 0 unspecified atom stereocenters. The molecule has 3 aromatic heterocycles. The third-order valence-electron chi connectivity index (χ3n) is 3.98. The van der Waals surface area contributed by atoms with Crippen LogP contribution in [0.3, 0.4) is 0 Å². The summed E-state index contributed by atoms with van der Waals surface area (Å²) in [6.07, 6.45) is 2.45. The standard InChI is InChI=1S/C19H16FN5O2S/c20-13-4-6-14(7-5-13)27-11-18-22-15(12-28-18)19(26)21-9-8-17-24-23-16-3-1-2-10-25(16)17/h1-7,10,12H,8-9,11H2,(H,21,26). The van der Waals surface area contributed by atoms with Crippen LogP contribution in [0.25, 0.3) is 5.65 Å². The van der Waals surface area contributed by atoms with E-state index >= 15 is 0 Å². The van der Waals surface area contributed by atoms with E-state index in [0.29, 0.717) is 29.4 Å². The van der Waals surface area contributed by atoms with E-state index in [0.717, 1.165) is 11.5 Å². The van der Waals surface area contributed by atoms with Gasteiger partial charge in [-0.2, -0.15) is 0 Å². The molecule has 7 nitrogen and oxygen atoms in total. The zero-order valence-corrected chi connectivity index (χ0v) is 15.5. The van der Waals surface area contributed by atoms with E-state index in [4.69, 9.17) is 4.74 Å². The molecule has 0 fully saturated rings. The molecule has 9 heteroatoms. The van der Waals surface area contributed by atoms with Crippen molar-refractivity contribution < 1.29 is 13.9 Å². The average Bonchev–Trinajstić information content (AvgIpc) is 3.35. The number of rotatable bonds is 7. The Kier molecular flexibility index (Phi) is 5.24. The van der Waals surface area contributed by atoms with Gasteiger partial charge in [-0.15, -0.1) is 21.5 Å². The Morgan fingerprint density at radius 3 is 2.89 bits per heavy atom. The molecule has 28 heavy (non-hydrogen) atoms. The number of pyridine rings is 1. The van der Waals surface area contributed by atoms with Gasteiger partial charge >= 0.3 is 0 Å². The lowest BCUT2D eigenvalue weighted by Gasteiger charge is -2.04. The number of halogens is 1. The first-order valence-electron chi connectivity index (χ1n) is 8.58. The highest BCUT2D eigenvalue weighted by Gasteiger charge is 2.12. The van der Waals surface area contributed by atoms with Crippen LogP contribution in [0.2, 0.25) is 0 Å². The van der Waals surface area contributed by atoms with Crippen molar-refractivity contribution in [3.63, 3.8) is 0 Å². The molecule has 0 aliphatic rings. The Balaban J connectivity index is 1.28. The molecule has 0 spiro atoms. The smallest absolute Gasteiger partial charge is 0.270 e. The van der Waals surface area contributed by atoms with E-state index in [-0.39, 0.29) is 18.3 Å². The van der Waals surface area contributed by atoms with Gasteiger partial charge in [-0.05, 0) is 36.4 Å². The Labute approximate surface area is 163 Å². The summed E-state index contributed by atoms with van der Waals surface area (Å²) in [6, 6.07) is 11.4. The zero-order valence-electron chi connectivity index (χ0n) is 14.7. The number of benzene rings is 1. The molecule has 0 bridgehead atoms. The van der Waals surface area contributed by atoms with Crippen LogP contribution < -0.4 is 10.1 Å². The molecular formula is C19H16FN5O2S. The lowest BCUT2D eigenvalue weighted by molar-refractivity contribution is 0.0949. The zero-order chi connectivity index (χ0) is 19.3. The molecule has 142 valence electrons. The minimum absolute atomic E-state index is 0.218. The molecule has 1 amide bonds. The Morgan fingerprint density at radius 2 is 2.04 bits per heavy atom. The number of ether oxygens (including phenoxy) is 1. The van der Waals surface area contributed by atoms with Gasteiger partial charge in [0.2, 0.25) is 0 Å². The van der Waals surface area contributed by atoms with Crippen LogP contribution in [-0.4, -0.2) is 32.0 Å². The van der Waals surface area contributed by atoms with E-state index in [9.17, 15) is 9.18 Å². The van der Waals surface area contributed by atoms with Crippen LogP contribution in [-0.2, 0) is 13.0 Å². The number of nitrogens with one attached hydrogen (secondary N) is 1. The summed E-state index contributed by atoms with van der Waals surface area (Å²) in [4.78, 5) is 16.6. The van der Waals surface area contributed by atoms with E-state index in [1.807, 2.05) is 28.8 Å². The van der Waals surface area contributed by atoms with Crippen LogP contribution in [0.5, 0.6) is 5.75 Å². The molecule has 0 radical (unpaired) electrons. The summed E-state index contributed by atoms with van der Waals surface area (Å²) in [5.41, 5.74) is 1.11. The Hall–Kier alpha value is -3.33. The van der Waals surface area contributed by atoms with Crippen LogP contribution in [0, 0.1) is 5.82 Å². The quantitative estimate of drug-likeness (QED) is 0.519. The first-order valence-corrected chi connectivity index (χ1v) is 9.46. The number of hydrogen-bond acceptors (Lipinski definition) is 6. The van der Waals surface area contributed by atoms with Crippen molar-refractivity contribution in [2.75, 3.05) is 6.54 Å². The van der Waals surface area contributed by atoms with Crippen molar-refractivity contribution in [1.29, 1.82) is 0 Å². The molecule has 0 saturated carbocycles. The lowest BCUT2D eigenvalue weighted by atomic mass is 10.3. The fraction of sp³-hybridized carbons (Fsp3) is 0.158. The van der Waals surface area contributed by atoms with E-state index in [2.05, 4.69) is 20.5 Å². The average molecular weight is 397 g/mol. The maximum Gasteiger partial charge on any atom is 0.270 e. The predicted molar refractivity (Wildman–Crippen MR) is 102 cm³/mol. The molecule has 0 saturated heterocycles. The highest BCUT2D eigenvalue weighted by Crippen LogP contribution is 2.16. The topological polar surface area (TPSA) is 81.4 Å². The van der Waals surface area contributed by atoms with Gasteiger partial charge < -0.3 is 10.1 Å². The monoisotopic (exact) mass is 397 g/mol. The number of hydrogen-bond donors (Lipinski definition) is 1. The van der Waals surface area contributed by atoms with Crippen LogP contribution in [0.4, 0.5) is 4.39 Å². The highest BCUT2D eigenvalue weighted by atomic mass is 32.1. The Bertz CT molecular complexity index is 1090. The molecule has 3 heterocycles. The molecule has 0 aliphatic carbocycles.